The number of hydrogen-bond donors (Lipinski definition) is 1. The minimum atomic E-state index is -0.0193. The minimum Gasteiger partial charge on any atom is -0.451 e. The molecule has 2 aromatic rings. The number of hydrogen-bond acceptors (Lipinski definition) is 3. The number of amides is 1. The van der Waals surface area contributed by atoms with Crippen LogP contribution in [0.2, 0.25) is 0 Å². The van der Waals surface area contributed by atoms with Crippen molar-refractivity contribution in [3.8, 4) is 0 Å². The van der Waals surface area contributed by atoms with Crippen molar-refractivity contribution in [2.45, 2.75) is 32.7 Å². The first-order valence-corrected chi connectivity index (χ1v) is 7.59. The highest BCUT2D eigenvalue weighted by Crippen LogP contribution is 2.24. The molecular weight excluding hydrogens is 264 g/mol. The summed E-state index contributed by atoms with van der Waals surface area (Å²) in [5.41, 5.74) is 7.92. The third-order valence-electron chi connectivity index (χ3n) is 4.37. The highest BCUT2D eigenvalue weighted by molar-refractivity contribution is 5.96. The largest absolute Gasteiger partial charge is 0.451 e. The molecule has 0 saturated carbocycles. The first-order valence-electron chi connectivity index (χ1n) is 7.59. The van der Waals surface area contributed by atoms with Gasteiger partial charge in [0.05, 0.1) is 0 Å². The number of aryl methyl sites for hydroxylation is 1. The van der Waals surface area contributed by atoms with Gasteiger partial charge in [-0.2, -0.15) is 0 Å². The molecule has 0 bridgehead atoms. The second-order valence-electron chi connectivity index (χ2n) is 6.16. The third kappa shape index (κ3) is 2.81. The van der Waals surface area contributed by atoms with Gasteiger partial charge in [0, 0.05) is 24.5 Å². The fraction of sp³-hybridized carbons (Fsp3) is 0.471. The second kappa shape index (κ2) is 5.53. The van der Waals surface area contributed by atoms with Crippen molar-refractivity contribution >= 4 is 16.9 Å². The van der Waals surface area contributed by atoms with Gasteiger partial charge in [-0.25, -0.2) is 0 Å². The maximum Gasteiger partial charge on any atom is 0.289 e. The maximum atomic E-state index is 12.6. The van der Waals surface area contributed by atoms with Gasteiger partial charge >= 0.3 is 0 Å². The fourth-order valence-electron chi connectivity index (χ4n) is 3.05. The van der Waals surface area contributed by atoms with Gasteiger partial charge in [0.2, 0.25) is 0 Å². The van der Waals surface area contributed by atoms with Crippen molar-refractivity contribution in [2.24, 2.45) is 11.7 Å². The van der Waals surface area contributed by atoms with Crippen LogP contribution in [0.3, 0.4) is 0 Å². The molecule has 2 atom stereocenters. The molecule has 1 fully saturated rings. The van der Waals surface area contributed by atoms with Crippen LogP contribution in [-0.2, 0) is 0 Å². The Balaban J connectivity index is 1.82. The standard InChI is InChI=1S/C17H22N2O2/c1-11-5-6-15-14(8-11)9-16(21-15)17(20)19-7-3-4-13(10-19)12(2)18/h5-6,8-9,12-13H,3-4,7,10,18H2,1-2H3. The van der Waals surface area contributed by atoms with Gasteiger partial charge in [-0.1, -0.05) is 11.6 Å². The van der Waals surface area contributed by atoms with Crippen LogP contribution in [0.15, 0.2) is 28.7 Å². The molecule has 0 aliphatic carbocycles. The van der Waals surface area contributed by atoms with Crippen molar-refractivity contribution in [2.75, 3.05) is 13.1 Å². The second-order valence-corrected chi connectivity index (χ2v) is 6.16. The molecular formula is C17H22N2O2. The van der Waals surface area contributed by atoms with Gasteiger partial charge in [-0.15, -0.1) is 0 Å². The molecule has 4 nitrogen and oxygen atoms in total. The Kier molecular flexibility index (Phi) is 3.72. The molecule has 2 heterocycles. The first kappa shape index (κ1) is 14.1. The molecule has 1 aliphatic heterocycles. The summed E-state index contributed by atoms with van der Waals surface area (Å²) in [6.07, 6.45) is 2.11. The van der Waals surface area contributed by atoms with Crippen molar-refractivity contribution in [3.63, 3.8) is 0 Å². The predicted octanol–water partition coefficient (Wildman–Crippen LogP) is 2.94. The normalized spacial score (nSPS) is 20.7. The Morgan fingerprint density at radius 2 is 2.24 bits per heavy atom. The zero-order valence-electron chi connectivity index (χ0n) is 12.6. The minimum absolute atomic E-state index is 0.0193. The molecule has 1 saturated heterocycles. The number of carbonyl (C=O) groups excluding carboxylic acids is 1. The van der Waals surface area contributed by atoms with Crippen LogP contribution in [0.5, 0.6) is 0 Å². The zero-order chi connectivity index (χ0) is 15.0. The SMILES string of the molecule is Cc1ccc2oc(C(=O)N3CCCC(C(C)N)C3)cc2c1. The molecule has 112 valence electrons. The Hall–Kier alpha value is -1.81. The lowest BCUT2D eigenvalue weighted by Crippen LogP contribution is -2.44. The first-order chi connectivity index (χ1) is 10.0. The number of carbonyl (C=O) groups is 1. The van der Waals surface area contributed by atoms with Gasteiger partial charge in [0.1, 0.15) is 5.58 Å². The van der Waals surface area contributed by atoms with Gasteiger partial charge < -0.3 is 15.1 Å². The van der Waals surface area contributed by atoms with Crippen LogP contribution < -0.4 is 5.73 Å². The van der Waals surface area contributed by atoms with Crippen molar-refractivity contribution < 1.29 is 9.21 Å². The predicted molar refractivity (Wildman–Crippen MR) is 83.2 cm³/mol. The van der Waals surface area contributed by atoms with Crippen LogP contribution in [0, 0.1) is 12.8 Å². The summed E-state index contributed by atoms with van der Waals surface area (Å²) in [6, 6.07) is 7.92. The van der Waals surface area contributed by atoms with E-state index in [1.807, 2.05) is 43.0 Å². The highest BCUT2D eigenvalue weighted by Gasteiger charge is 2.28. The average Bonchev–Trinajstić information content (AvgIpc) is 2.89. The molecule has 3 rings (SSSR count). The van der Waals surface area contributed by atoms with Crippen molar-refractivity contribution in [1.29, 1.82) is 0 Å². The van der Waals surface area contributed by atoms with E-state index in [2.05, 4.69) is 0 Å². The number of likely N-dealkylation sites (tertiary alicyclic amines) is 1. The van der Waals surface area contributed by atoms with Crippen molar-refractivity contribution in [3.05, 3.63) is 35.6 Å². The third-order valence-corrected chi connectivity index (χ3v) is 4.37. The van der Waals surface area contributed by atoms with E-state index >= 15 is 0 Å². The van der Waals surface area contributed by atoms with Gasteiger partial charge in [-0.3, -0.25) is 4.79 Å². The van der Waals surface area contributed by atoms with E-state index in [1.54, 1.807) is 0 Å². The Labute approximate surface area is 124 Å². The van der Waals surface area contributed by atoms with Gasteiger partial charge in [0.15, 0.2) is 5.76 Å². The summed E-state index contributed by atoms with van der Waals surface area (Å²) in [7, 11) is 0. The Morgan fingerprint density at radius 1 is 1.43 bits per heavy atom. The lowest BCUT2D eigenvalue weighted by atomic mass is 9.92. The molecule has 21 heavy (non-hydrogen) atoms. The summed E-state index contributed by atoms with van der Waals surface area (Å²) >= 11 is 0. The molecule has 4 heteroatoms. The Bertz CT molecular complexity index is 660. The topological polar surface area (TPSA) is 59.5 Å². The van der Waals surface area contributed by atoms with Gasteiger partial charge in [-0.05, 0) is 50.8 Å². The molecule has 1 aromatic heterocycles. The van der Waals surface area contributed by atoms with Crippen LogP contribution in [0.25, 0.3) is 11.0 Å². The van der Waals surface area contributed by atoms with E-state index in [0.29, 0.717) is 11.7 Å². The van der Waals surface area contributed by atoms with E-state index in [9.17, 15) is 4.79 Å². The summed E-state index contributed by atoms with van der Waals surface area (Å²) in [5.74, 6) is 0.796. The lowest BCUT2D eigenvalue weighted by Gasteiger charge is -2.34. The summed E-state index contributed by atoms with van der Waals surface area (Å²) < 4.78 is 5.71. The molecule has 2 unspecified atom stereocenters. The number of rotatable bonds is 2. The molecule has 1 amide bonds. The summed E-state index contributed by atoms with van der Waals surface area (Å²) in [5, 5.41) is 0.985. The Morgan fingerprint density at radius 3 is 3.00 bits per heavy atom. The van der Waals surface area contributed by atoms with E-state index in [-0.39, 0.29) is 11.9 Å². The van der Waals surface area contributed by atoms with Crippen LogP contribution in [0.4, 0.5) is 0 Å². The van der Waals surface area contributed by atoms with Crippen LogP contribution >= 0.6 is 0 Å². The summed E-state index contributed by atoms with van der Waals surface area (Å²) in [4.78, 5) is 14.5. The monoisotopic (exact) mass is 286 g/mol. The molecule has 0 radical (unpaired) electrons. The number of nitrogens with two attached hydrogens (primary N) is 1. The van der Waals surface area contributed by atoms with E-state index in [1.165, 1.54) is 0 Å². The fourth-order valence-corrected chi connectivity index (χ4v) is 3.05. The maximum absolute atomic E-state index is 12.6. The summed E-state index contributed by atoms with van der Waals surface area (Å²) in [6.45, 7) is 5.57. The van der Waals surface area contributed by atoms with E-state index in [4.69, 9.17) is 10.2 Å². The lowest BCUT2D eigenvalue weighted by molar-refractivity contribution is 0.0631. The highest BCUT2D eigenvalue weighted by atomic mass is 16.3. The number of piperidine rings is 1. The number of benzene rings is 1. The van der Waals surface area contributed by atoms with E-state index < -0.39 is 0 Å². The molecule has 1 aromatic carbocycles. The number of fused-ring (bicyclic) bond motifs is 1. The number of furan rings is 1. The van der Waals surface area contributed by atoms with Crippen LogP contribution in [-0.4, -0.2) is 29.9 Å². The molecule has 2 N–H and O–H groups in total. The zero-order valence-corrected chi connectivity index (χ0v) is 12.6. The average molecular weight is 286 g/mol. The number of nitrogens with zero attached hydrogens (tertiary/aromatic N) is 1. The smallest absolute Gasteiger partial charge is 0.289 e. The molecule has 1 aliphatic rings. The van der Waals surface area contributed by atoms with Gasteiger partial charge in [0.25, 0.3) is 5.91 Å². The van der Waals surface area contributed by atoms with E-state index in [0.717, 1.165) is 42.5 Å². The quantitative estimate of drug-likeness (QED) is 0.923. The van der Waals surface area contributed by atoms with Crippen molar-refractivity contribution in [1.82, 2.24) is 4.90 Å². The molecule has 0 spiro atoms. The van der Waals surface area contributed by atoms with Crippen LogP contribution in [0.1, 0.15) is 35.9 Å².